The number of nitrogens with one attached hydrogen (secondary N) is 2. The van der Waals surface area contributed by atoms with Gasteiger partial charge < -0.3 is 16.2 Å². The van der Waals surface area contributed by atoms with Crippen LogP contribution in [0.15, 0.2) is 60.8 Å². The molecule has 0 radical (unpaired) electrons. The number of nitrogens with two attached hydrogens (primary N) is 1. The summed E-state index contributed by atoms with van der Waals surface area (Å²) in [5.41, 5.74) is 7.78. The third-order valence-corrected chi connectivity index (χ3v) is 3.06. The minimum absolute atomic E-state index is 0.0807. The quantitative estimate of drug-likeness (QED) is 0.635. The van der Waals surface area contributed by atoms with E-state index in [0.29, 0.717) is 5.70 Å². The van der Waals surface area contributed by atoms with Gasteiger partial charge in [0.15, 0.2) is 0 Å². The van der Waals surface area contributed by atoms with Gasteiger partial charge >= 0.3 is 0 Å². The average molecular weight is 295 g/mol. The van der Waals surface area contributed by atoms with Crippen molar-refractivity contribution in [1.29, 1.82) is 5.41 Å². The minimum atomic E-state index is -0.507. The van der Waals surface area contributed by atoms with Crippen LogP contribution in [0, 0.1) is 5.41 Å². The van der Waals surface area contributed by atoms with E-state index in [-0.39, 0.29) is 17.9 Å². The molecule has 2 rings (SSSR count). The molecule has 5 N–H and O–H groups in total. The lowest BCUT2D eigenvalue weighted by atomic mass is 10.1. The summed E-state index contributed by atoms with van der Waals surface area (Å²) >= 11 is 0. The number of amides is 1. The fourth-order valence-corrected chi connectivity index (χ4v) is 1.84. The molecule has 2 aromatic rings. The largest absolute Gasteiger partial charge is 0.508 e. The summed E-state index contributed by atoms with van der Waals surface area (Å²) < 4.78 is 0. The highest BCUT2D eigenvalue weighted by molar-refractivity contribution is 6.38. The van der Waals surface area contributed by atoms with Crippen molar-refractivity contribution in [2.45, 2.75) is 6.42 Å². The second kappa shape index (κ2) is 7.08. The van der Waals surface area contributed by atoms with Gasteiger partial charge in [0.2, 0.25) is 0 Å². The summed E-state index contributed by atoms with van der Waals surface area (Å²) in [6, 6.07) is 15.6. The number of hydrogen-bond donors (Lipinski definition) is 4. The van der Waals surface area contributed by atoms with Crippen LogP contribution in [0.4, 0.5) is 0 Å². The van der Waals surface area contributed by atoms with Crippen LogP contribution in [0.1, 0.15) is 11.1 Å². The highest BCUT2D eigenvalue weighted by atomic mass is 16.3. The summed E-state index contributed by atoms with van der Waals surface area (Å²) in [5, 5.41) is 19.5. The summed E-state index contributed by atoms with van der Waals surface area (Å²) in [6.07, 6.45) is 1.58. The van der Waals surface area contributed by atoms with Gasteiger partial charge in [-0.05, 0) is 23.3 Å². The summed E-state index contributed by atoms with van der Waals surface area (Å²) in [6.45, 7) is 0. The van der Waals surface area contributed by atoms with Gasteiger partial charge in [0.05, 0.1) is 5.70 Å². The molecular formula is C17H17N3O2. The molecule has 0 aliphatic carbocycles. The molecular weight excluding hydrogens is 278 g/mol. The fraction of sp³-hybridized carbons (Fsp3) is 0.0588. The monoisotopic (exact) mass is 295 g/mol. The Kier molecular flexibility index (Phi) is 4.93. The molecule has 5 heteroatoms. The lowest BCUT2D eigenvalue weighted by Gasteiger charge is -2.05. The van der Waals surface area contributed by atoms with Gasteiger partial charge in [0, 0.05) is 12.6 Å². The van der Waals surface area contributed by atoms with E-state index in [0.717, 1.165) is 11.1 Å². The molecule has 0 aliphatic rings. The molecule has 0 aromatic heterocycles. The van der Waals surface area contributed by atoms with Gasteiger partial charge in [0.25, 0.3) is 5.91 Å². The fourth-order valence-electron chi connectivity index (χ4n) is 1.84. The average Bonchev–Trinajstić information content (AvgIpc) is 2.55. The maximum atomic E-state index is 11.9. The lowest BCUT2D eigenvalue weighted by Crippen LogP contribution is -2.28. The molecule has 112 valence electrons. The molecule has 0 heterocycles. The molecule has 0 fully saturated rings. The van der Waals surface area contributed by atoms with Crippen molar-refractivity contribution in [2.75, 3.05) is 0 Å². The standard InChI is InChI=1S/C17H17N3O2/c18-15(10-12-6-8-14(21)9-7-12)17(22)20-11-16(19)13-4-2-1-3-5-13/h1-9,11,18,21H,10,19H2,(H,20,22)/b16-11-,18-15?. The number of phenols is 1. The third-order valence-electron chi connectivity index (χ3n) is 3.06. The number of rotatable bonds is 5. The van der Waals surface area contributed by atoms with Crippen LogP contribution in [-0.4, -0.2) is 16.7 Å². The first-order valence-corrected chi connectivity index (χ1v) is 6.73. The molecule has 0 unspecified atom stereocenters. The molecule has 0 aliphatic heterocycles. The Hall–Kier alpha value is -3.08. The van der Waals surface area contributed by atoms with Crippen LogP contribution in [0.5, 0.6) is 5.75 Å². The zero-order valence-electron chi connectivity index (χ0n) is 11.9. The van der Waals surface area contributed by atoms with Crippen LogP contribution in [0.3, 0.4) is 0 Å². The maximum absolute atomic E-state index is 11.9. The van der Waals surface area contributed by atoms with E-state index in [2.05, 4.69) is 5.32 Å². The third kappa shape index (κ3) is 4.21. The van der Waals surface area contributed by atoms with E-state index >= 15 is 0 Å². The van der Waals surface area contributed by atoms with E-state index in [1.165, 1.54) is 18.3 Å². The normalized spacial score (nSPS) is 11.0. The zero-order valence-corrected chi connectivity index (χ0v) is 11.9. The number of carbonyl (C=O) groups excluding carboxylic acids is 1. The number of benzene rings is 2. The van der Waals surface area contributed by atoms with E-state index in [9.17, 15) is 9.90 Å². The number of hydrogen-bond acceptors (Lipinski definition) is 4. The zero-order chi connectivity index (χ0) is 15.9. The predicted octanol–water partition coefficient (Wildman–Crippen LogP) is 2.03. The van der Waals surface area contributed by atoms with Crippen molar-refractivity contribution < 1.29 is 9.90 Å². The Morgan fingerprint density at radius 3 is 2.41 bits per heavy atom. The number of aromatic hydroxyl groups is 1. The van der Waals surface area contributed by atoms with Crippen LogP contribution >= 0.6 is 0 Å². The van der Waals surface area contributed by atoms with Crippen molar-refractivity contribution in [1.82, 2.24) is 5.32 Å². The Balaban J connectivity index is 1.94. The molecule has 0 saturated carbocycles. The van der Waals surface area contributed by atoms with E-state index < -0.39 is 5.91 Å². The Labute approximate surface area is 128 Å². The highest BCUT2D eigenvalue weighted by Crippen LogP contribution is 2.10. The smallest absolute Gasteiger partial charge is 0.269 e. The minimum Gasteiger partial charge on any atom is -0.508 e. The van der Waals surface area contributed by atoms with E-state index in [1.54, 1.807) is 12.1 Å². The molecule has 0 spiro atoms. The Morgan fingerprint density at radius 2 is 1.77 bits per heavy atom. The van der Waals surface area contributed by atoms with Crippen LogP contribution in [0.2, 0.25) is 0 Å². The maximum Gasteiger partial charge on any atom is 0.269 e. The van der Waals surface area contributed by atoms with E-state index in [1.807, 2.05) is 30.3 Å². The molecule has 5 nitrogen and oxygen atoms in total. The Bertz CT molecular complexity index is 692. The summed E-state index contributed by atoms with van der Waals surface area (Å²) in [7, 11) is 0. The first-order valence-electron chi connectivity index (χ1n) is 6.73. The van der Waals surface area contributed by atoms with Gasteiger partial charge in [-0.25, -0.2) is 0 Å². The molecule has 1 amide bonds. The SMILES string of the molecule is N=C(Cc1ccc(O)cc1)C(=O)N/C=C(\N)c1ccccc1. The molecule has 0 bridgehead atoms. The lowest BCUT2D eigenvalue weighted by molar-refractivity contribution is -0.114. The molecule has 0 atom stereocenters. The molecule has 2 aromatic carbocycles. The van der Waals surface area contributed by atoms with Crippen molar-refractivity contribution >= 4 is 17.3 Å². The first kappa shape index (κ1) is 15.3. The highest BCUT2D eigenvalue weighted by Gasteiger charge is 2.09. The van der Waals surface area contributed by atoms with Crippen molar-refractivity contribution in [2.24, 2.45) is 5.73 Å². The topological polar surface area (TPSA) is 99.2 Å². The van der Waals surface area contributed by atoms with Crippen LogP contribution in [-0.2, 0) is 11.2 Å². The van der Waals surface area contributed by atoms with Crippen molar-refractivity contribution in [3.05, 3.63) is 71.9 Å². The Morgan fingerprint density at radius 1 is 1.14 bits per heavy atom. The number of carbonyl (C=O) groups is 1. The van der Waals surface area contributed by atoms with E-state index in [4.69, 9.17) is 11.1 Å². The van der Waals surface area contributed by atoms with Gasteiger partial charge in [-0.3, -0.25) is 10.2 Å². The second-order valence-corrected chi connectivity index (χ2v) is 4.76. The van der Waals surface area contributed by atoms with Crippen molar-refractivity contribution in [3.63, 3.8) is 0 Å². The summed E-state index contributed by atoms with van der Waals surface area (Å²) in [5.74, 6) is -0.356. The van der Waals surface area contributed by atoms with Gasteiger partial charge in [-0.2, -0.15) is 0 Å². The van der Waals surface area contributed by atoms with Gasteiger partial charge in [-0.15, -0.1) is 0 Å². The molecule has 22 heavy (non-hydrogen) atoms. The van der Waals surface area contributed by atoms with Gasteiger partial charge in [-0.1, -0.05) is 42.5 Å². The molecule has 0 saturated heterocycles. The van der Waals surface area contributed by atoms with Crippen LogP contribution < -0.4 is 11.1 Å². The first-order chi connectivity index (χ1) is 10.6. The van der Waals surface area contributed by atoms with Crippen molar-refractivity contribution in [3.8, 4) is 5.75 Å². The summed E-state index contributed by atoms with van der Waals surface area (Å²) in [4.78, 5) is 11.9. The second-order valence-electron chi connectivity index (χ2n) is 4.76. The number of phenolic OH excluding ortho intramolecular Hbond substituents is 1. The predicted molar refractivity (Wildman–Crippen MR) is 86.3 cm³/mol. The van der Waals surface area contributed by atoms with Crippen LogP contribution in [0.25, 0.3) is 5.70 Å². The van der Waals surface area contributed by atoms with Gasteiger partial charge in [0.1, 0.15) is 11.5 Å².